The van der Waals surface area contributed by atoms with Crippen LogP contribution in [0, 0.1) is 5.92 Å². The van der Waals surface area contributed by atoms with Gasteiger partial charge in [0.2, 0.25) is 0 Å². The molecule has 0 spiro atoms. The summed E-state index contributed by atoms with van der Waals surface area (Å²) in [5.41, 5.74) is 0.498. The van der Waals surface area contributed by atoms with Gasteiger partial charge in [-0.15, -0.1) is 0 Å². The van der Waals surface area contributed by atoms with Crippen molar-refractivity contribution in [3.63, 3.8) is 0 Å². The van der Waals surface area contributed by atoms with E-state index in [1.54, 1.807) is 0 Å². The molecular weight excluding hydrogens is 196 g/mol. The van der Waals surface area contributed by atoms with E-state index in [1.807, 2.05) is 0 Å². The highest BCUT2D eigenvalue weighted by Gasteiger charge is 2.39. The van der Waals surface area contributed by atoms with Crippen molar-refractivity contribution in [2.75, 3.05) is 26.2 Å². The second-order valence-electron chi connectivity index (χ2n) is 5.60. The van der Waals surface area contributed by atoms with Gasteiger partial charge in [0, 0.05) is 5.54 Å². The van der Waals surface area contributed by atoms with Crippen molar-refractivity contribution in [2.24, 2.45) is 5.92 Å². The lowest BCUT2D eigenvalue weighted by molar-refractivity contribution is 0.0845. The highest BCUT2D eigenvalue weighted by molar-refractivity contribution is 4.97. The van der Waals surface area contributed by atoms with Crippen molar-refractivity contribution in [2.45, 2.75) is 57.9 Å². The van der Waals surface area contributed by atoms with Crippen LogP contribution in [0.3, 0.4) is 0 Å². The van der Waals surface area contributed by atoms with Crippen LogP contribution in [0.15, 0.2) is 0 Å². The molecule has 0 saturated carbocycles. The van der Waals surface area contributed by atoms with Crippen LogP contribution in [0.5, 0.6) is 0 Å². The molecule has 2 aliphatic rings. The smallest absolute Gasteiger partial charge is 0.0208 e. The highest BCUT2D eigenvalue weighted by atomic mass is 15.1. The molecule has 1 N–H and O–H groups in total. The maximum absolute atomic E-state index is 3.87. The molecule has 0 aliphatic carbocycles. The molecule has 0 aromatic rings. The molecule has 0 bridgehead atoms. The number of nitrogens with one attached hydrogen (secondary N) is 1. The lowest BCUT2D eigenvalue weighted by atomic mass is 9.71. The van der Waals surface area contributed by atoms with Crippen molar-refractivity contribution in [1.82, 2.24) is 10.2 Å². The average molecular weight is 224 g/mol. The van der Waals surface area contributed by atoms with Crippen LogP contribution in [0.4, 0.5) is 0 Å². The Morgan fingerprint density at radius 3 is 2.44 bits per heavy atom. The van der Waals surface area contributed by atoms with Crippen LogP contribution in [0.1, 0.15) is 52.4 Å². The van der Waals surface area contributed by atoms with Crippen molar-refractivity contribution >= 4 is 0 Å². The molecule has 0 aromatic heterocycles. The van der Waals surface area contributed by atoms with E-state index in [0.29, 0.717) is 5.54 Å². The van der Waals surface area contributed by atoms with Crippen LogP contribution < -0.4 is 5.32 Å². The maximum Gasteiger partial charge on any atom is 0.0208 e. The van der Waals surface area contributed by atoms with E-state index >= 15 is 0 Å². The molecule has 0 amide bonds. The van der Waals surface area contributed by atoms with Crippen LogP contribution in [0.2, 0.25) is 0 Å². The Balaban J connectivity index is 1.94. The molecule has 2 aliphatic heterocycles. The minimum absolute atomic E-state index is 0.498. The lowest BCUT2D eigenvalue weighted by Gasteiger charge is -2.47. The second-order valence-corrected chi connectivity index (χ2v) is 5.60. The zero-order valence-electron chi connectivity index (χ0n) is 11.1. The molecule has 2 nitrogen and oxygen atoms in total. The Morgan fingerprint density at radius 1 is 1.19 bits per heavy atom. The van der Waals surface area contributed by atoms with E-state index in [-0.39, 0.29) is 0 Å². The highest BCUT2D eigenvalue weighted by Crippen LogP contribution is 2.36. The average Bonchev–Trinajstić information content (AvgIpc) is 2.39. The Bertz CT molecular complexity index is 201. The summed E-state index contributed by atoms with van der Waals surface area (Å²) in [6.45, 7) is 9.80. The van der Waals surface area contributed by atoms with Gasteiger partial charge in [-0.3, -0.25) is 0 Å². The zero-order valence-corrected chi connectivity index (χ0v) is 11.1. The molecule has 2 heteroatoms. The number of nitrogens with zero attached hydrogens (tertiary/aromatic N) is 1. The standard InChI is InChI=1S/C14H28N2/c1-3-14(9-5-6-10-15-14)13-7-11-16(4-2)12-8-13/h13,15H,3-12H2,1-2H3. The normalized spacial score (nSPS) is 34.1. The molecule has 16 heavy (non-hydrogen) atoms. The van der Waals surface area contributed by atoms with Crippen LogP contribution in [0.25, 0.3) is 0 Å². The minimum atomic E-state index is 0.498. The fourth-order valence-corrected chi connectivity index (χ4v) is 3.73. The van der Waals surface area contributed by atoms with Crippen molar-refractivity contribution in [1.29, 1.82) is 0 Å². The molecular formula is C14H28N2. The van der Waals surface area contributed by atoms with Gasteiger partial charge in [0.15, 0.2) is 0 Å². The molecule has 2 rings (SSSR count). The first-order valence-electron chi connectivity index (χ1n) is 7.28. The van der Waals surface area contributed by atoms with E-state index < -0.39 is 0 Å². The van der Waals surface area contributed by atoms with Gasteiger partial charge >= 0.3 is 0 Å². The van der Waals surface area contributed by atoms with E-state index in [1.165, 1.54) is 64.7 Å². The second kappa shape index (κ2) is 5.50. The van der Waals surface area contributed by atoms with E-state index in [9.17, 15) is 0 Å². The van der Waals surface area contributed by atoms with Gasteiger partial charge in [-0.2, -0.15) is 0 Å². The summed E-state index contributed by atoms with van der Waals surface area (Å²) < 4.78 is 0. The third-order valence-electron chi connectivity index (χ3n) is 4.97. The third kappa shape index (κ3) is 2.43. The number of hydrogen-bond acceptors (Lipinski definition) is 2. The quantitative estimate of drug-likeness (QED) is 0.793. The van der Waals surface area contributed by atoms with Crippen molar-refractivity contribution < 1.29 is 0 Å². The first kappa shape index (κ1) is 12.4. The SMILES string of the molecule is CCN1CCC(C2(CC)CCCCN2)CC1. The molecule has 0 aromatic carbocycles. The molecule has 2 heterocycles. The fourth-order valence-electron chi connectivity index (χ4n) is 3.73. The Labute approximate surface area is 101 Å². The Kier molecular flexibility index (Phi) is 4.26. The third-order valence-corrected chi connectivity index (χ3v) is 4.97. The van der Waals surface area contributed by atoms with Crippen LogP contribution in [-0.4, -0.2) is 36.6 Å². The summed E-state index contributed by atoms with van der Waals surface area (Å²) in [4.78, 5) is 2.60. The Morgan fingerprint density at radius 2 is 1.94 bits per heavy atom. The van der Waals surface area contributed by atoms with Gasteiger partial charge in [0.05, 0.1) is 0 Å². The maximum atomic E-state index is 3.87. The van der Waals surface area contributed by atoms with Gasteiger partial charge in [0.25, 0.3) is 0 Å². The van der Waals surface area contributed by atoms with Crippen molar-refractivity contribution in [3.05, 3.63) is 0 Å². The minimum Gasteiger partial charge on any atom is -0.311 e. The summed E-state index contributed by atoms with van der Waals surface area (Å²) in [7, 11) is 0. The zero-order chi connectivity index (χ0) is 11.4. The largest absolute Gasteiger partial charge is 0.311 e. The number of piperidine rings is 2. The van der Waals surface area contributed by atoms with Gasteiger partial charge in [-0.25, -0.2) is 0 Å². The monoisotopic (exact) mass is 224 g/mol. The van der Waals surface area contributed by atoms with E-state index in [0.717, 1.165) is 5.92 Å². The van der Waals surface area contributed by atoms with Gasteiger partial charge < -0.3 is 10.2 Å². The molecule has 2 fully saturated rings. The summed E-state index contributed by atoms with van der Waals surface area (Å²) in [6, 6.07) is 0. The number of rotatable bonds is 3. The Hall–Kier alpha value is -0.0800. The van der Waals surface area contributed by atoms with Gasteiger partial charge in [-0.1, -0.05) is 20.3 Å². The molecule has 2 saturated heterocycles. The molecule has 1 unspecified atom stereocenters. The first-order chi connectivity index (χ1) is 7.80. The summed E-state index contributed by atoms with van der Waals surface area (Å²) in [6.07, 6.45) is 8.39. The number of hydrogen-bond donors (Lipinski definition) is 1. The van der Waals surface area contributed by atoms with Crippen LogP contribution >= 0.6 is 0 Å². The predicted octanol–water partition coefficient (Wildman–Crippen LogP) is 2.64. The fraction of sp³-hybridized carbons (Fsp3) is 1.00. The molecule has 0 radical (unpaired) electrons. The lowest BCUT2D eigenvalue weighted by Crippen LogP contribution is -2.56. The van der Waals surface area contributed by atoms with Gasteiger partial charge in [0.1, 0.15) is 0 Å². The first-order valence-corrected chi connectivity index (χ1v) is 7.28. The molecule has 94 valence electrons. The van der Waals surface area contributed by atoms with Crippen molar-refractivity contribution in [3.8, 4) is 0 Å². The molecule has 1 atom stereocenters. The van der Waals surface area contributed by atoms with Gasteiger partial charge in [-0.05, 0) is 64.2 Å². The van der Waals surface area contributed by atoms with E-state index in [4.69, 9.17) is 0 Å². The summed E-state index contributed by atoms with van der Waals surface area (Å²) in [5, 5.41) is 3.87. The van der Waals surface area contributed by atoms with Crippen LogP contribution in [-0.2, 0) is 0 Å². The van der Waals surface area contributed by atoms with E-state index in [2.05, 4.69) is 24.1 Å². The predicted molar refractivity (Wildman–Crippen MR) is 69.7 cm³/mol. The summed E-state index contributed by atoms with van der Waals surface area (Å²) in [5.74, 6) is 0.931. The summed E-state index contributed by atoms with van der Waals surface area (Å²) >= 11 is 0. The number of likely N-dealkylation sites (tertiary alicyclic amines) is 1. The topological polar surface area (TPSA) is 15.3 Å².